The van der Waals surface area contributed by atoms with Gasteiger partial charge >= 0.3 is 6.18 Å². The fourth-order valence-corrected chi connectivity index (χ4v) is 2.41. The average molecular weight is 266 g/mol. The van der Waals surface area contributed by atoms with Crippen LogP contribution >= 0.6 is 0 Å². The Morgan fingerprint density at radius 2 is 2.00 bits per heavy atom. The molecular formula is C13H25F3N2. The molecule has 0 radical (unpaired) electrons. The Morgan fingerprint density at radius 3 is 2.50 bits per heavy atom. The molecule has 0 amide bonds. The average Bonchev–Trinajstić information content (AvgIpc) is 2.27. The first kappa shape index (κ1) is 15.8. The van der Waals surface area contributed by atoms with Gasteiger partial charge in [-0.15, -0.1) is 0 Å². The van der Waals surface area contributed by atoms with Crippen molar-refractivity contribution >= 4 is 0 Å². The molecule has 1 atom stereocenters. The molecule has 108 valence electrons. The fraction of sp³-hybridized carbons (Fsp3) is 1.00. The topological polar surface area (TPSA) is 15.3 Å². The third-order valence-electron chi connectivity index (χ3n) is 3.50. The third-order valence-corrected chi connectivity index (χ3v) is 3.50. The SMILES string of the molecule is CC(C)N(CCCC(F)(F)F)CC1CCCCN1. The van der Waals surface area contributed by atoms with E-state index in [-0.39, 0.29) is 6.42 Å². The summed E-state index contributed by atoms with van der Waals surface area (Å²) < 4.78 is 36.4. The van der Waals surface area contributed by atoms with Crippen LogP contribution in [-0.4, -0.2) is 42.8 Å². The Kier molecular flexibility index (Phi) is 6.43. The molecule has 0 aromatic carbocycles. The largest absolute Gasteiger partial charge is 0.389 e. The van der Waals surface area contributed by atoms with Gasteiger partial charge in [-0.3, -0.25) is 4.90 Å². The van der Waals surface area contributed by atoms with Crippen LogP contribution in [0.2, 0.25) is 0 Å². The minimum atomic E-state index is -4.02. The normalized spacial score (nSPS) is 21.8. The van der Waals surface area contributed by atoms with Crippen molar-refractivity contribution in [1.82, 2.24) is 10.2 Å². The quantitative estimate of drug-likeness (QED) is 0.794. The van der Waals surface area contributed by atoms with Gasteiger partial charge in [0.1, 0.15) is 0 Å². The highest BCUT2D eigenvalue weighted by Gasteiger charge is 2.27. The first-order valence-corrected chi connectivity index (χ1v) is 6.92. The molecule has 0 aromatic heterocycles. The van der Waals surface area contributed by atoms with Gasteiger partial charge < -0.3 is 5.32 Å². The lowest BCUT2D eigenvalue weighted by Gasteiger charge is -2.33. The highest BCUT2D eigenvalue weighted by atomic mass is 19.4. The van der Waals surface area contributed by atoms with Crippen LogP contribution in [0.25, 0.3) is 0 Å². The van der Waals surface area contributed by atoms with Crippen LogP contribution < -0.4 is 5.32 Å². The Balaban J connectivity index is 2.30. The summed E-state index contributed by atoms with van der Waals surface area (Å²) in [5.41, 5.74) is 0. The molecule has 1 aliphatic rings. The summed E-state index contributed by atoms with van der Waals surface area (Å²) in [6, 6.07) is 0.758. The number of hydrogen-bond acceptors (Lipinski definition) is 2. The van der Waals surface area contributed by atoms with E-state index in [1.807, 2.05) is 0 Å². The van der Waals surface area contributed by atoms with Gasteiger partial charge in [0, 0.05) is 25.0 Å². The molecular weight excluding hydrogens is 241 g/mol. The van der Waals surface area contributed by atoms with Crippen LogP contribution in [0.15, 0.2) is 0 Å². The first-order valence-electron chi connectivity index (χ1n) is 6.92. The van der Waals surface area contributed by atoms with Crippen LogP contribution in [0.5, 0.6) is 0 Å². The van der Waals surface area contributed by atoms with Gasteiger partial charge in [0.05, 0.1) is 0 Å². The molecule has 0 bridgehead atoms. The number of nitrogens with zero attached hydrogens (tertiary/aromatic N) is 1. The highest BCUT2D eigenvalue weighted by Crippen LogP contribution is 2.22. The number of alkyl halides is 3. The number of hydrogen-bond donors (Lipinski definition) is 1. The van der Waals surface area contributed by atoms with Crippen molar-refractivity contribution in [3.63, 3.8) is 0 Å². The second-order valence-corrected chi connectivity index (χ2v) is 5.45. The van der Waals surface area contributed by atoms with Crippen molar-refractivity contribution in [3.05, 3.63) is 0 Å². The molecule has 0 aromatic rings. The summed E-state index contributed by atoms with van der Waals surface area (Å²) in [6.45, 7) is 6.55. The van der Waals surface area contributed by atoms with Crippen molar-refractivity contribution in [1.29, 1.82) is 0 Å². The summed E-state index contributed by atoms with van der Waals surface area (Å²) in [5.74, 6) is 0. The van der Waals surface area contributed by atoms with Crippen molar-refractivity contribution in [3.8, 4) is 0 Å². The molecule has 18 heavy (non-hydrogen) atoms. The van der Waals surface area contributed by atoms with Crippen molar-refractivity contribution in [2.24, 2.45) is 0 Å². The molecule has 1 heterocycles. The second-order valence-electron chi connectivity index (χ2n) is 5.45. The maximum absolute atomic E-state index is 12.1. The van der Waals surface area contributed by atoms with E-state index >= 15 is 0 Å². The Hall–Kier alpha value is -0.290. The smallest absolute Gasteiger partial charge is 0.313 e. The van der Waals surface area contributed by atoms with Crippen LogP contribution in [0.1, 0.15) is 46.0 Å². The summed E-state index contributed by atoms with van der Waals surface area (Å²) >= 11 is 0. The molecule has 1 N–H and O–H groups in total. The standard InChI is InChI=1S/C13H25F3N2/c1-11(2)18(9-5-7-13(14,15)16)10-12-6-3-4-8-17-12/h11-12,17H,3-10H2,1-2H3. The van der Waals surface area contributed by atoms with Gasteiger partial charge in [0.15, 0.2) is 0 Å². The molecule has 1 aliphatic heterocycles. The van der Waals surface area contributed by atoms with Crippen LogP contribution in [0.3, 0.4) is 0 Å². The van der Waals surface area contributed by atoms with E-state index in [9.17, 15) is 13.2 Å². The molecule has 2 nitrogen and oxygen atoms in total. The lowest BCUT2D eigenvalue weighted by atomic mass is 10.0. The van der Waals surface area contributed by atoms with Crippen molar-refractivity contribution in [2.45, 2.75) is 64.2 Å². The predicted octanol–water partition coefficient (Wildman–Crippen LogP) is 3.18. The third kappa shape index (κ3) is 6.59. The van der Waals surface area contributed by atoms with E-state index < -0.39 is 12.6 Å². The minimum Gasteiger partial charge on any atom is -0.313 e. The zero-order chi connectivity index (χ0) is 13.6. The van der Waals surface area contributed by atoms with E-state index in [0.717, 1.165) is 19.5 Å². The molecule has 1 rings (SSSR count). The molecule has 0 saturated carbocycles. The first-order chi connectivity index (χ1) is 8.38. The monoisotopic (exact) mass is 266 g/mol. The van der Waals surface area contributed by atoms with E-state index in [4.69, 9.17) is 0 Å². The lowest BCUT2D eigenvalue weighted by molar-refractivity contribution is -0.136. The van der Waals surface area contributed by atoms with Gasteiger partial charge in [-0.1, -0.05) is 6.42 Å². The molecule has 0 aliphatic carbocycles. The summed E-state index contributed by atoms with van der Waals surface area (Å²) in [5, 5.41) is 3.45. The van der Waals surface area contributed by atoms with Gasteiger partial charge in [0.2, 0.25) is 0 Å². The van der Waals surface area contributed by atoms with Gasteiger partial charge in [-0.2, -0.15) is 13.2 Å². The molecule has 1 fully saturated rings. The Bertz CT molecular complexity index is 223. The van der Waals surface area contributed by atoms with Gasteiger partial charge in [-0.05, 0) is 46.2 Å². The van der Waals surface area contributed by atoms with Crippen LogP contribution in [0.4, 0.5) is 13.2 Å². The number of nitrogens with one attached hydrogen (secondary N) is 1. The maximum atomic E-state index is 12.1. The minimum absolute atomic E-state index is 0.203. The maximum Gasteiger partial charge on any atom is 0.389 e. The van der Waals surface area contributed by atoms with Crippen LogP contribution in [0, 0.1) is 0 Å². The molecule has 5 heteroatoms. The summed E-state index contributed by atoms with van der Waals surface area (Å²) in [4.78, 5) is 2.16. The molecule has 1 saturated heterocycles. The lowest BCUT2D eigenvalue weighted by Crippen LogP contribution is -2.46. The van der Waals surface area contributed by atoms with Gasteiger partial charge in [0.25, 0.3) is 0 Å². The number of piperidine rings is 1. The van der Waals surface area contributed by atoms with E-state index in [0.29, 0.717) is 18.6 Å². The van der Waals surface area contributed by atoms with E-state index in [2.05, 4.69) is 24.1 Å². The molecule has 0 spiro atoms. The zero-order valence-corrected chi connectivity index (χ0v) is 11.4. The van der Waals surface area contributed by atoms with Crippen molar-refractivity contribution in [2.75, 3.05) is 19.6 Å². The Labute approximate surface area is 108 Å². The number of halogens is 3. The summed E-state index contributed by atoms with van der Waals surface area (Å²) in [6.07, 6.45) is -0.907. The Morgan fingerprint density at radius 1 is 1.28 bits per heavy atom. The van der Waals surface area contributed by atoms with E-state index in [1.165, 1.54) is 12.8 Å². The van der Waals surface area contributed by atoms with E-state index in [1.54, 1.807) is 0 Å². The molecule has 1 unspecified atom stereocenters. The van der Waals surface area contributed by atoms with Crippen LogP contribution in [-0.2, 0) is 0 Å². The zero-order valence-electron chi connectivity index (χ0n) is 11.4. The van der Waals surface area contributed by atoms with Gasteiger partial charge in [-0.25, -0.2) is 0 Å². The fourth-order valence-electron chi connectivity index (χ4n) is 2.41. The predicted molar refractivity (Wildman–Crippen MR) is 67.6 cm³/mol. The summed E-state index contributed by atoms with van der Waals surface area (Å²) in [7, 11) is 0. The van der Waals surface area contributed by atoms with Crippen molar-refractivity contribution < 1.29 is 13.2 Å². The highest BCUT2D eigenvalue weighted by molar-refractivity contribution is 4.77. The number of rotatable bonds is 6. The second kappa shape index (κ2) is 7.34.